The molecule has 0 bridgehead atoms. The number of nitrogens with two attached hydrogens (primary N) is 1. The number of esters is 2. The number of unbranched alkanes of at least 4 members (excludes halogenated alkanes) is 16. The van der Waals surface area contributed by atoms with Crippen LogP contribution >= 0.6 is 7.82 Å². The quantitative estimate of drug-likeness (QED) is 0.0529. The first-order valence-electron chi connectivity index (χ1n) is 15.5. The van der Waals surface area contributed by atoms with Crippen LogP contribution in [-0.2, 0) is 32.7 Å². The summed E-state index contributed by atoms with van der Waals surface area (Å²) in [6.45, 7) is 3.66. The minimum atomic E-state index is -4.35. The van der Waals surface area contributed by atoms with Crippen molar-refractivity contribution in [1.82, 2.24) is 0 Å². The average molecular weight is 580 g/mol. The van der Waals surface area contributed by atoms with E-state index in [2.05, 4.69) is 13.8 Å². The fourth-order valence-electron chi connectivity index (χ4n) is 4.16. The third-order valence-corrected chi connectivity index (χ3v) is 7.48. The van der Waals surface area contributed by atoms with E-state index in [0.717, 1.165) is 32.1 Å². The highest BCUT2D eigenvalue weighted by Crippen LogP contribution is 2.43. The molecule has 0 aliphatic rings. The van der Waals surface area contributed by atoms with E-state index in [4.69, 9.17) is 24.3 Å². The van der Waals surface area contributed by atoms with Crippen LogP contribution in [-0.4, -0.2) is 49.3 Å². The SMILES string of the molecule is CCCCCCCCCCCCC(=O)O[C@H](COC(=O)CCCCCCCCCC)COP(=O)(O)OCCN. The van der Waals surface area contributed by atoms with Crippen molar-refractivity contribution < 1.29 is 37.6 Å². The van der Waals surface area contributed by atoms with E-state index in [-0.39, 0.29) is 38.6 Å². The Labute approximate surface area is 237 Å². The lowest BCUT2D eigenvalue weighted by Crippen LogP contribution is -2.29. The Morgan fingerprint density at radius 3 is 1.56 bits per heavy atom. The van der Waals surface area contributed by atoms with Crippen LogP contribution < -0.4 is 5.73 Å². The highest BCUT2D eigenvalue weighted by atomic mass is 31.2. The molecule has 0 aromatic heterocycles. The molecule has 39 heavy (non-hydrogen) atoms. The van der Waals surface area contributed by atoms with E-state index in [1.54, 1.807) is 0 Å². The predicted molar refractivity (Wildman–Crippen MR) is 155 cm³/mol. The van der Waals surface area contributed by atoms with Crippen LogP contribution in [0.2, 0.25) is 0 Å². The summed E-state index contributed by atoms with van der Waals surface area (Å²) < 4.78 is 32.3. The average Bonchev–Trinajstić information content (AvgIpc) is 2.91. The van der Waals surface area contributed by atoms with Crippen LogP contribution in [0.5, 0.6) is 0 Å². The molecule has 232 valence electrons. The van der Waals surface area contributed by atoms with Gasteiger partial charge >= 0.3 is 19.8 Å². The monoisotopic (exact) mass is 579 g/mol. The first kappa shape index (κ1) is 38.0. The number of ether oxygens (including phenoxy) is 2. The molecule has 0 aliphatic carbocycles. The van der Waals surface area contributed by atoms with Gasteiger partial charge in [0.15, 0.2) is 6.10 Å². The van der Waals surface area contributed by atoms with Crippen LogP contribution in [0.1, 0.15) is 142 Å². The molecular formula is C29H58NO8P. The maximum Gasteiger partial charge on any atom is 0.472 e. The summed E-state index contributed by atoms with van der Waals surface area (Å²) in [7, 11) is -4.35. The van der Waals surface area contributed by atoms with Gasteiger partial charge < -0.3 is 20.1 Å². The number of carbonyl (C=O) groups is 2. The van der Waals surface area contributed by atoms with Crippen molar-refractivity contribution in [2.45, 2.75) is 148 Å². The normalized spacial score (nSPS) is 13.6. The molecule has 10 heteroatoms. The second kappa shape index (κ2) is 27.2. The Kier molecular flexibility index (Phi) is 26.5. The first-order valence-corrected chi connectivity index (χ1v) is 17.0. The maximum absolute atomic E-state index is 12.4. The molecule has 2 atom stereocenters. The van der Waals surface area contributed by atoms with E-state index in [1.807, 2.05) is 0 Å². The molecular weight excluding hydrogens is 521 g/mol. The van der Waals surface area contributed by atoms with Gasteiger partial charge in [0.2, 0.25) is 0 Å². The molecule has 0 aromatic rings. The summed E-state index contributed by atoms with van der Waals surface area (Å²) in [5.74, 6) is -0.832. The molecule has 9 nitrogen and oxygen atoms in total. The molecule has 0 saturated carbocycles. The van der Waals surface area contributed by atoms with Crippen LogP contribution in [0.3, 0.4) is 0 Å². The molecule has 0 rings (SSSR count). The molecule has 3 N–H and O–H groups in total. The summed E-state index contributed by atoms with van der Waals surface area (Å²) in [5, 5.41) is 0. The zero-order chi connectivity index (χ0) is 29.0. The van der Waals surface area contributed by atoms with E-state index < -0.39 is 26.5 Å². The predicted octanol–water partition coefficient (Wildman–Crippen LogP) is 7.38. The van der Waals surface area contributed by atoms with Gasteiger partial charge in [-0.2, -0.15) is 0 Å². The molecule has 0 spiro atoms. The minimum Gasteiger partial charge on any atom is -0.462 e. The van der Waals surface area contributed by atoms with Gasteiger partial charge in [0, 0.05) is 19.4 Å². The van der Waals surface area contributed by atoms with Crippen LogP contribution in [0.4, 0.5) is 0 Å². The standard InChI is InChI=1S/C29H58NO8P/c1-3-5-7-9-11-13-14-16-18-20-22-29(32)38-27(26-37-39(33,34)36-24-23-30)25-35-28(31)21-19-17-15-12-10-8-6-4-2/h27H,3-26,30H2,1-2H3,(H,33,34)/t27-/m1/s1. The van der Waals surface area contributed by atoms with Crippen molar-refractivity contribution in [3.63, 3.8) is 0 Å². The molecule has 0 aliphatic heterocycles. The summed E-state index contributed by atoms with van der Waals surface area (Å²) in [6.07, 6.45) is 20.1. The summed E-state index contributed by atoms with van der Waals surface area (Å²) >= 11 is 0. The van der Waals surface area contributed by atoms with Crippen molar-refractivity contribution in [3.8, 4) is 0 Å². The highest BCUT2D eigenvalue weighted by Gasteiger charge is 2.25. The molecule has 0 radical (unpaired) electrons. The summed E-state index contributed by atoms with van der Waals surface area (Å²) in [4.78, 5) is 34.3. The van der Waals surface area contributed by atoms with Crippen LogP contribution in [0.25, 0.3) is 0 Å². The zero-order valence-electron chi connectivity index (χ0n) is 24.9. The van der Waals surface area contributed by atoms with Crippen LogP contribution in [0, 0.1) is 0 Å². The molecule has 0 amide bonds. The fraction of sp³-hybridized carbons (Fsp3) is 0.931. The van der Waals surface area contributed by atoms with Gasteiger partial charge in [-0.25, -0.2) is 4.57 Å². The number of phosphoric acid groups is 1. The van der Waals surface area contributed by atoms with Gasteiger partial charge in [-0.1, -0.05) is 117 Å². The van der Waals surface area contributed by atoms with Gasteiger partial charge in [-0.15, -0.1) is 0 Å². The summed E-state index contributed by atoms with van der Waals surface area (Å²) in [5.41, 5.74) is 5.29. The molecule has 0 fully saturated rings. The maximum atomic E-state index is 12.4. The topological polar surface area (TPSA) is 134 Å². The third kappa shape index (κ3) is 27.0. The molecule has 0 aromatic carbocycles. The third-order valence-electron chi connectivity index (χ3n) is 6.49. The van der Waals surface area contributed by atoms with Gasteiger partial charge in [0.05, 0.1) is 13.2 Å². The minimum absolute atomic E-state index is 0.0571. The van der Waals surface area contributed by atoms with Crippen LogP contribution in [0.15, 0.2) is 0 Å². The van der Waals surface area contributed by atoms with Crippen molar-refractivity contribution in [1.29, 1.82) is 0 Å². The van der Waals surface area contributed by atoms with E-state index in [1.165, 1.54) is 77.0 Å². The Morgan fingerprint density at radius 1 is 0.667 bits per heavy atom. The van der Waals surface area contributed by atoms with Gasteiger partial charge in [-0.3, -0.25) is 18.6 Å². The van der Waals surface area contributed by atoms with Gasteiger partial charge in [0.1, 0.15) is 6.61 Å². The van der Waals surface area contributed by atoms with Crippen molar-refractivity contribution >= 4 is 19.8 Å². The zero-order valence-corrected chi connectivity index (χ0v) is 25.8. The highest BCUT2D eigenvalue weighted by molar-refractivity contribution is 7.47. The fourth-order valence-corrected chi connectivity index (χ4v) is 4.93. The van der Waals surface area contributed by atoms with Gasteiger partial charge in [0.25, 0.3) is 0 Å². The second-order valence-electron chi connectivity index (χ2n) is 10.3. The van der Waals surface area contributed by atoms with Gasteiger partial charge in [-0.05, 0) is 12.8 Å². The molecule has 0 saturated heterocycles. The largest absolute Gasteiger partial charge is 0.472 e. The lowest BCUT2D eigenvalue weighted by atomic mass is 10.1. The van der Waals surface area contributed by atoms with Crippen molar-refractivity contribution in [2.75, 3.05) is 26.4 Å². The molecule has 1 unspecified atom stereocenters. The Bertz CT molecular complexity index is 634. The van der Waals surface area contributed by atoms with Crippen molar-refractivity contribution in [2.24, 2.45) is 5.73 Å². The lowest BCUT2D eigenvalue weighted by Gasteiger charge is -2.19. The van der Waals surface area contributed by atoms with E-state index in [0.29, 0.717) is 6.42 Å². The second-order valence-corrected chi connectivity index (χ2v) is 11.8. The first-order chi connectivity index (χ1) is 18.8. The number of phosphoric ester groups is 1. The Hall–Kier alpha value is -0.990. The van der Waals surface area contributed by atoms with E-state index in [9.17, 15) is 19.0 Å². The van der Waals surface area contributed by atoms with Crippen molar-refractivity contribution in [3.05, 3.63) is 0 Å². The van der Waals surface area contributed by atoms with E-state index >= 15 is 0 Å². The number of carbonyl (C=O) groups excluding carboxylic acids is 2. The smallest absolute Gasteiger partial charge is 0.462 e. The number of hydrogen-bond acceptors (Lipinski definition) is 8. The Morgan fingerprint density at radius 2 is 1.10 bits per heavy atom. The number of rotatable bonds is 29. The summed E-state index contributed by atoms with van der Waals surface area (Å²) in [6, 6.07) is 0. The lowest BCUT2D eigenvalue weighted by molar-refractivity contribution is -0.161. The Balaban J connectivity index is 4.33. The molecule has 0 heterocycles. The number of hydrogen-bond donors (Lipinski definition) is 2.